The van der Waals surface area contributed by atoms with E-state index in [0.29, 0.717) is 19.3 Å². The number of nitrogens with zero attached hydrogens (tertiary/aromatic N) is 1. The predicted octanol–water partition coefficient (Wildman–Crippen LogP) is 2.52. The Morgan fingerprint density at radius 2 is 2.12 bits per heavy atom. The van der Waals surface area contributed by atoms with E-state index in [0.717, 1.165) is 6.07 Å². The van der Waals surface area contributed by atoms with Crippen molar-refractivity contribution in [3.8, 4) is 11.5 Å². The lowest BCUT2D eigenvalue weighted by atomic mass is 9.77. The first-order valence-corrected chi connectivity index (χ1v) is 9.51. The van der Waals surface area contributed by atoms with E-state index in [2.05, 4.69) is 9.82 Å². The van der Waals surface area contributed by atoms with Crippen LogP contribution in [0.25, 0.3) is 11.5 Å². The highest BCUT2D eigenvalue weighted by molar-refractivity contribution is 7.89. The summed E-state index contributed by atoms with van der Waals surface area (Å²) in [5.41, 5.74) is -1.20. The summed E-state index contributed by atoms with van der Waals surface area (Å²) >= 11 is 0. The zero-order valence-corrected chi connectivity index (χ0v) is 14.6. The number of nitrogens with one attached hydrogen (secondary N) is 2. The summed E-state index contributed by atoms with van der Waals surface area (Å²) in [5.74, 6) is -0.0517. The lowest BCUT2D eigenvalue weighted by molar-refractivity contribution is -0.141. The van der Waals surface area contributed by atoms with Gasteiger partial charge in [0.2, 0.25) is 5.09 Å². The standard InChI is InChI=1S/C15H18F3N3O4S/c1-2-10(8-5-9(22)6-8)21-26(23,24)14-4-3-12(25-14)11-7-13(20-19-11)15(16,17)18/h3-4,7-10,21-22H,2,5-6H2,1H3,(H,19,20)/t8?,9?,10-/m0/s1. The van der Waals surface area contributed by atoms with E-state index in [-0.39, 0.29) is 23.4 Å². The van der Waals surface area contributed by atoms with E-state index in [1.807, 2.05) is 12.0 Å². The van der Waals surface area contributed by atoms with Gasteiger partial charge in [-0.05, 0) is 43.4 Å². The van der Waals surface area contributed by atoms with E-state index in [4.69, 9.17) is 4.42 Å². The minimum Gasteiger partial charge on any atom is -0.442 e. The first kappa shape index (κ1) is 18.9. The van der Waals surface area contributed by atoms with Gasteiger partial charge in [-0.3, -0.25) is 5.10 Å². The molecule has 7 nitrogen and oxygen atoms in total. The molecule has 11 heteroatoms. The quantitative estimate of drug-likeness (QED) is 0.699. The second kappa shape index (κ2) is 6.71. The largest absolute Gasteiger partial charge is 0.442 e. The molecular weight excluding hydrogens is 375 g/mol. The van der Waals surface area contributed by atoms with Gasteiger partial charge in [0.25, 0.3) is 10.0 Å². The van der Waals surface area contributed by atoms with Crippen molar-refractivity contribution in [2.24, 2.45) is 5.92 Å². The number of aromatic nitrogens is 2. The number of sulfonamides is 1. The molecule has 0 radical (unpaired) electrons. The maximum atomic E-state index is 12.6. The Hall–Kier alpha value is -1.85. The Morgan fingerprint density at radius 3 is 2.65 bits per heavy atom. The average molecular weight is 393 g/mol. The number of hydrogen-bond donors (Lipinski definition) is 3. The van der Waals surface area contributed by atoms with Gasteiger partial charge in [-0.15, -0.1) is 0 Å². The van der Waals surface area contributed by atoms with Crippen molar-refractivity contribution in [3.05, 3.63) is 23.9 Å². The number of hydrogen-bond acceptors (Lipinski definition) is 5. The third-order valence-electron chi connectivity index (χ3n) is 4.45. The van der Waals surface area contributed by atoms with Crippen LogP contribution in [0.2, 0.25) is 0 Å². The molecule has 0 saturated heterocycles. The first-order chi connectivity index (χ1) is 12.1. The lowest BCUT2D eigenvalue weighted by Crippen LogP contribution is -2.46. The summed E-state index contributed by atoms with van der Waals surface area (Å²) in [7, 11) is -3.98. The molecule has 0 amide bonds. The number of halogens is 3. The monoisotopic (exact) mass is 393 g/mol. The van der Waals surface area contributed by atoms with Crippen LogP contribution in [-0.4, -0.2) is 35.9 Å². The summed E-state index contributed by atoms with van der Waals surface area (Å²) in [6.07, 6.45) is -3.40. The van der Waals surface area contributed by atoms with E-state index >= 15 is 0 Å². The van der Waals surface area contributed by atoms with E-state index in [9.17, 15) is 26.7 Å². The third-order valence-corrected chi connectivity index (χ3v) is 5.81. The summed E-state index contributed by atoms with van der Waals surface area (Å²) in [6, 6.07) is 2.81. The molecule has 2 heterocycles. The molecule has 2 aromatic rings. The van der Waals surface area contributed by atoms with Crippen LogP contribution in [0.15, 0.2) is 27.7 Å². The molecule has 1 aliphatic rings. The number of aliphatic hydroxyl groups excluding tert-OH is 1. The molecule has 0 spiro atoms. The van der Waals surface area contributed by atoms with Crippen LogP contribution in [0.1, 0.15) is 31.9 Å². The molecule has 0 aliphatic heterocycles. The predicted molar refractivity (Wildman–Crippen MR) is 84.4 cm³/mol. The molecule has 0 aromatic carbocycles. The zero-order chi connectivity index (χ0) is 19.1. The van der Waals surface area contributed by atoms with Crippen molar-refractivity contribution < 1.29 is 31.1 Å². The van der Waals surface area contributed by atoms with Crippen LogP contribution in [0.3, 0.4) is 0 Å². The fraction of sp³-hybridized carbons (Fsp3) is 0.533. The maximum Gasteiger partial charge on any atom is 0.432 e. The van der Waals surface area contributed by atoms with Crippen LogP contribution in [0.4, 0.5) is 13.2 Å². The molecule has 144 valence electrons. The van der Waals surface area contributed by atoms with Gasteiger partial charge in [0.15, 0.2) is 5.76 Å². The molecule has 3 rings (SSSR count). The molecule has 0 unspecified atom stereocenters. The maximum absolute atomic E-state index is 12.6. The lowest BCUT2D eigenvalue weighted by Gasteiger charge is -2.37. The van der Waals surface area contributed by atoms with Crippen LogP contribution in [0.5, 0.6) is 0 Å². The van der Waals surface area contributed by atoms with Crippen LogP contribution < -0.4 is 4.72 Å². The summed E-state index contributed by atoms with van der Waals surface area (Å²) in [4.78, 5) is 0. The Balaban J connectivity index is 1.76. The molecule has 1 saturated carbocycles. The fourth-order valence-corrected chi connectivity index (χ4v) is 4.24. The highest BCUT2D eigenvalue weighted by atomic mass is 32.2. The van der Waals surface area contributed by atoms with Crippen molar-refractivity contribution >= 4 is 10.0 Å². The number of alkyl halides is 3. The number of rotatable bonds is 6. The van der Waals surface area contributed by atoms with Gasteiger partial charge in [0.1, 0.15) is 11.4 Å². The minimum atomic E-state index is -4.59. The van der Waals surface area contributed by atoms with E-state index in [1.54, 1.807) is 0 Å². The molecule has 2 aromatic heterocycles. The molecule has 26 heavy (non-hydrogen) atoms. The molecule has 1 aliphatic carbocycles. The van der Waals surface area contributed by atoms with Gasteiger partial charge in [-0.25, -0.2) is 13.1 Å². The number of H-pyrrole nitrogens is 1. The van der Waals surface area contributed by atoms with Crippen LogP contribution in [-0.2, 0) is 16.2 Å². The van der Waals surface area contributed by atoms with Crippen molar-refractivity contribution in [2.45, 2.75) is 49.6 Å². The second-order valence-corrected chi connectivity index (χ2v) is 7.95. The third kappa shape index (κ3) is 3.79. The van der Waals surface area contributed by atoms with Gasteiger partial charge in [0.05, 0.1) is 6.10 Å². The Kier molecular flexibility index (Phi) is 4.88. The van der Waals surface area contributed by atoms with Crippen molar-refractivity contribution in [3.63, 3.8) is 0 Å². The molecule has 1 fully saturated rings. The summed E-state index contributed by atoms with van der Waals surface area (Å²) < 4.78 is 70.5. The second-order valence-electron chi connectivity index (χ2n) is 6.30. The van der Waals surface area contributed by atoms with Crippen molar-refractivity contribution in [2.75, 3.05) is 0 Å². The van der Waals surface area contributed by atoms with Gasteiger partial charge in [-0.1, -0.05) is 6.92 Å². The zero-order valence-electron chi connectivity index (χ0n) is 13.7. The number of furan rings is 1. The Morgan fingerprint density at radius 1 is 1.42 bits per heavy atom. The highest BCUT2D eigenvalue weighted by Gasteiger charge is 2.36. The Bertz CT molecular complexity index is 869. The fourth-order valence-electron chi connectivity index (χ4n) is 2.92. The minimum absolute atomic E-state index is 0.0416. The molecule has 1 atom stereocenters. The molecular formula is C15H18F3N3O4S. The first-order valence-electron chi connectivity index (χ1n) is 8.03. The smallest absolute Gasteiger partial charge is 0.432 e. The average Bonchev–Trinajstić information content (AvgIpc) is 3.17. The Labute approximate surface area is 147 Å². The number of aliphatic hydroxyl groups is 1. The topological polar surface area (TPSA) is 108 Å². The van der Waals surface area contributed by atoms with Crippen molar-refractivity contribution in [1.82, 2.24) is 14.9 Å². The normalized spacial score (nSPS) is 22.2. The highest BCUT2D eigenvalue weighted by Crippen LogP contribution is 2.33. The molecule has 3 N–H and O–H groups in total. The van der Waals surface area contributed by atoms with Crippen molar-refractivity contribution in [1.29, 1.82) is 0 Å². The number of aromatic amines is 1. The SMILES string of the molecule is CC[C@H](NS(=O)(=O)c1ccc(-c2cc(C(F)(F)F)[nH]n2)o1)C1CC(O)C1. The van der Waals surface area contributed by atoms with E-state index < -0.39 is 33.1 Å². The molecule has 0 bridgehead atoms. The van der Waals surface area contributed by atoms with Gasteiger partial charge < -0.3 is 9.52 Å². The summed E-state index contributed by atoms with van der Waals surface area (Å²) in [6.45, 7) is 1.83. The van der Waals surface area contributed by atoms with Gasteiger partial charge >= 0.3 is 6.18 Å². The van der Waals surface area contributed by atoms with Gasteiger partial charge in [-0.2, -0.15) is 18.3 Å². The van der Waals surface area contributed by atoms with Crippen LogP contribution >= 0.6 is 0 Å². The van der Waals surface area contributed by atoms with Gasteiger partial charge in [0, 0.05) is 6.04 Å². The van der Waals surface area contributed by atoms with E-state index in [1.165, 1.54) is 12.1 Å². The summed E-state index contributed by atoms with van der Waals surface area (Å²) in [5, 5.41) is 14.3. The van der Waals surface area contributed by atoms with Crippen LogP contribution in [0, 0.1) is 5.92 Å².